The van der Waals surface area contributed by atoms with Crippen LogP contribution in [0.15, 0.2) is 18.2 Å². The average molecular weight is 882 g/mol. The lowest BCUT2D eigenvalue weighted by molar-refractivity contribution is -0.457. The molecule has 1 aromatic rings. The van der Waals surface area contributed by atoms with Crippen LogP contribution in [-0.4, -0.2) is 98.3 Å². The number of nitrogens with zero attached hydrogens (tertiary/aromatic N) is 1. The van der Waals surface area contributed by atoms with Crippen molar-refractivity contribution in [3.05, 3.63) is 29.3 Å². The summed E-state index contributed by atoms with van der Waals surface area (Å²) >= 11 is 0. The lowest BCUT2D eigenvalue weighted by Gasteiger charge is -2.50. The Morgan fingerprint density at radius 1 is 0.810 bits per heavy atom. The van der Waals surface area contributed by atoms with E-state index in [1.54, 1.807) is 0 Å². The molecule has 0 amide bonds. The summed E-state index contributed by atoms with van der Waals surface area (Å²) in [5.74, 6) is 3.11. The quantitative estimate of drug-likeness (QED) is 0.0616. The summed E-state index contributed by atoms with van der Waals surface area (Å²) in [7, 11) is 6.09. The predicted molar refractivity (Wildman–Crippen MR) is 214 cm³/mol. The first-order chi connectivity index (χ1) is 27.0. The van der Waals surface area contributed by atoms with Gasteiger partial charge in [-0.1, -0.05) is 47.4 Å². The monoisotopic (exact) mass is 881 g/mol. The van der Waals surface area contributed by atoms with E-state index in [4.69, 9.17) is 14.2 Å². The topological polar surface area (TPSA) is 40.2 Å². The van der Waals surface area contributed by atoms with Crippen molar-refractivity contribution >= 4 is 21.6 Å². The molecule has 0 spiro atoms. The lowest BCUT2D eigenvalue weighted by atomic mass is 9.55. The van der Waals surface area contributed by atoms with Crippen molar-refractivity contribution in [2.45, 2.75) is 159 Å². The molecule has 0 heterocycles. The van der Waals surface area contributed by atoms with Crippen molar-refractivity contribution < 1.29 is 58.5 Å². The first-order valence-electron chi connectivity index (χ1n) is 20.8. The van der Waals surface area contributed by atoms with Gasteiger partial charge in [0.05, 0.1) is 18.8 Å². The second-order valence-corrected chi connectivity index (χ2v) is 20.7. The Bertz CT molecular complexity index is 1370. The van der Waals surface area contributed by atoms with Gasteiger partial charge in [-0.2, -0.15) is 39.5 Å². The van der Waals surface area contributed by atoms with Crippen LogP contribution in [0.1, 0.15) is 122 Å². The molecule has 0 radical (unpaired) electrons. The smallest absolute Gasteiger partial charge is 0.435 e. The number of ether oxygens (including phenoxy) is 4. The molecule has 5 unspecified atom stereocenters. The van der Waals surface area contributed by atoms with Crippen molar-refractivity contribution in [1.82, 2.24) is 4.90 Å². The average Bonchev–Trinajstić information content (AvgIpc) is 3.45. The van der Waals surface area contributed by atoms with E-state index < -0.39 is 37.2 Å². The highest BCUT2D eigenvalue weighted by molar-refractivity contribution is 8.77. The van der Waals surface area contributed by atoms with Crippen LogP contribution in [0, 0.1) is 17.3 Å². The van der Waals surface area contributed by atoms with E-state index >= 15 is 0 Å². The first kappa shape index (κ1) is 49.6. The largest absolute Gasteiger partial charge is 0.492 e. The summed E-state index contributed by atoms with van der Waals surface area (Å²) in [6.07, 6.45) is -9.67. The first-order valence-corrected chi connectivity index (χ1v) is 23.2. The van der Waals surface area contributed by atoms with Crippen LogP contribution in [0.3, 0.4) is 0 Å². The Balaban J connectivity index is 1.17. The summed E-state index contributed by atoms with van der Waals surface area (Å²) in [6.45, 7) is 12.4. The van der Waals surface area contributed by atoms with E-state index in [0.29, 0.717) is 36.9 Å². The van der Waals surface area contributed by atoms with Gasteiger partial charge in [-0.3, -0.25) is 0 Å². The molecule has 3 aliphatic rings. The number of hydrogen-bond acceptors (Lipinski definition) is 7. The number of aryl methyl sites for hydroxylation is 1. The molecule has 16 heteroatoms. The lowest BCUT2D eigenvalue weighted by Crippen LogP contribution is -2.67. The maximum atomic E-state index is 13.2. The van der Waals surface area contributed by atoms with Crippen LogP contribution in [0.2, 0.25) is 0 Å². The molecular formula is C42H64F9NO4S2. The minimum absolute atomic E-state index is 0.182. The molecule has 336 valence electrons. The van der Waals surface area contributed by atoms with Crippen LogP contribution >= 0.6 is 21.6 Å². The molecular weight excluding hydrogens is 818 g/mol. The number of unbranched alkanes of at least 4 members (excludes halogenated alkanes) is 3. The molecule has 1 aromatic carbocycles. The summed E-state index contributed by atoms with van der Waals surface area (Å²) in [5, 5.41) is 0. The van der Waals surface area contributed by atoms with Crippen LogP contribution < -0.4 is 4.74 Å². The number of alkyl halides is 9. The Kier molecular flexibility index (Phi) is 17.8. The van der Waals surface area contributed by atoms with Gasteiger partial charge < -0.3 is 23.8 Å². The van der Waals surface area contributed by atoms with Crippen LogP contribution in [0.4, 0.5) is 39.5 Å². The van der Waals surface area contributed by atoms with E-state index in [1.165, 1.54) is 36.1 Å². The zero-order valence-electron chi connectivity index (χ0n) is 34.9. The molecule has 0 aliphatic heterocycles. The second kappa shape index (κ2) is 20.9. The molecule has 5 atom stereocenters. The van der Waals surface area contributed by atoms with Gasteiger partial charge in [0.1, 0.15) is 12.4 Å². The van der Waals surface area contributed by atoms with E-state index in [1.807, 2.05) is 21.6 Å². The Labute approximate surface area is 347 Å². The SMILES string of the molecule is CC(C)OCCCCCCSSC(C)(C)CCN(C)CCOc1ccc2c(c1)CCC1C2CCC2(C)C(OCCCOC(C(F)(F)F)(C(F)(F)F)C(F)(F)F)CCC12. The van der Waals surface area contributed by atoms with Crippen LogP contribution in [-0.2, 0) is 20.6 Å². The van der Waals surface area contributed by atoms with Gasteiger partial charge >= 0.3 is 24.1 Å². The Morgan fingerprint density at radius 3 is 2.17 bits per heavy atom. The van der Waals surface area contributed by atoms with Crippen LogP contribution in [0.5, 0.6) is 5.75 Å². The van der Waals surface area contributed by atoms with Gasteiger partial charge in [-0.25, -0.2) is 0 Å². The molecule has 2 fully saturated rings. The summed E-state index contributed by atoms with van der Waals surface area (Å²) in [6, 6.07) is 6.42. The molecule has 3 aliphatic carbocycles. The standard InChI is InChI=1S/C42H64F9NO4S2/c1-29(2)53-23-9-7-8-10-27-57-58-37(3,4)20-21-52(6)22-26-54-31-13-15-32-30(28-31)12-14-34-33(32)18-19-38(5)35(34)16-17-36(38)55-24-11-25-56-39(40(43,44)45,41(46,47)48)42(49,50)51/h13,15,28-29,33-36H,7-12,14,16-27H2,1-6H3. The van der Waals surface area contributed by atoms with Crippen molar-refractivity contribution in [2.24, 2.45) is 17.3 Å². The third-order valence-corrected chi connectivity index (χ3v) is 15.9. The predicted octanol–water partition coefficient (Wildman–Crippen LogP) is 12.6. The molecule has 58 heavy (non-hydrogen) atoms. The number of benzene rings is 1. The molecule has 0 bridgehead atoms. The van der Waals surface area contributed by atoms with Crippen molar-refractivity contribution in [3.63, 3.8) is 0 Å². The van der Waals surface area contributed by atoms with Crippen LogP contribution in [0.25, 0.3) is 0 Å². The van der Waals surface area contributed by atoms with Crippen molar-refractivity contribution in [1.29, 1.82) is 0 Å². The van der Waals surface area contributed by atoms with Gasteiger partial charge in [-0.05, 0) is 152 Å². The maximum Gasteiger partial charge on any atom is 0.435 e. The van der Waals surface area contributed by atoms with Gasteiger partial charge in [0.25, 0.3) is 0 Å². The zero-order chi connectivity index (χ0) is 43.0. The Morgan fingerprint density at radius 2 is 1.50 bits per heavy atom. The highest BCUT2D eigenvalue weighted by Gasteiger charge is 2.85. The third-order valence-electron chi connectivity index (χ3n) is 12.4. The minimum atomic E-state index is -6.74. The molecule has 4 rings (SSSR count). The summed E-state index contributed by atoms with van der Waals surface area (Å²) in [5.41, 5.74) is -3.88. The van der Waals surface area contributed by atoms with Gasteiger partial charge in [-0.15, -0.1) is 0 Å². The molecule has 2 saturated carbocycles. The molecule has 5 nitrogen and oxygen atoms in total. The van der Waals surface area contributed by atoms with E-state index in [-0.39, 0.29) is 22.9 Å². The highest BCUT2D eigenvalue weighted by atomic mass is 33.1. The van der Waals surface area contributed by atoms with Gasteiger partial charge in [0.2, 0.25) is 0 Å². The van der Waals surface area contributed by atoms with Gasteiger partial charge in [0, 0.05) is 30.3 Å². The van der Waals surface area contributed by atoms with E-state index in [2.05, 4.69) is 69.5 Å². The fourth-order valence-electron chi connectivity index (χ4n) is 9.18. The number of likely N-dealkylation sites (N-methyl/N-ethyl adjacent to an activating group) is 1. The van der Waals surface area contributed by atoms with Gasteiger partial charge in [0.15, 0.2) is 0 Å². The van der Waals surface area contributed by atoms with Crippen molar-refractivity contribution in [3.8, 4) is 5.75 Å². The normalized spacial score (nSPS) is 24.3. The summed E-state index contributed by atoms with van der Waals surface area (Å²) in [4.78, 5) is 2.32. The number of halogens is 9. The van der Waals surface area contributed by atoms with E-state index in [9.17, 15) is 39.5 Å². The van der Waals surface area contributed by atoms with Crippen molar-refractivity contribution in [2.75, 3.05) is 52.3 Å². The Hall–Kier alpha value is -1.07. The zero-order valence-corrected chi connectivity index (χ0v) is 36.5. The maximum absolute atomic E-state index is 13.2. The molecule has 0 N–H and O–H groups in total. The minimum Gasteiger partial charge on any atom is -0.492 e. The number of hydrogen-bond donors (Lipinski definition) is 0. The number of rotatable bonds is 23. The van der Waals surface area contributed by atoms with E-state index in [0.717, 1.165) is 70.4 Å². The third kappa shape index (κ3) is 12.5. The number of fused-ring (bicyclic) bond motifs is 5. The summed E-state index contributed by atoms with van der Waals surface area (Å²) < 4.78 is 141. The fraction of sp³-hybridized carbons (Fsp3) is 0.857. The fourth-order valence-corrected chi connectivity index (χ4v) is 11.9. The molecule has 0 aromatic heterocycles. The molecule has 0 saturated heterocycles. The highest BCUT2D eigenvalue weighted by Crippen LogP contribution is 2.62. The second-order valence-electron chi connectivity index (χ2n) is 17.5.